The number of amides is 2. The maximum atomic E-state index is 13.5. The van der Waals surface area contributed by atoms with Crippen LogP contribution in [0.15, 0.2) is 47.6 Å². The average molecular weight is 426 g/mol. The molecule has 2 aliphatic rings. The van der Waals surface area contributed by atoms with Gasteiger partial charge in [-0.05, 0) is 56.2 Å². The number of anilines is 2. The highest BCUT2D eigenvalue weighted by Crippen LogP contribution is 2.39. The van der Waals surface area contributed by atoms with Gasteiger partial charge in [-0.2, -0.15) is 5.10 Å². The van der Waals surface area contributed by atoms with E-state index in [-0.39, 0.29) is 12.3 Å². The lowest BCUT2D eigenvalue weighted by atomic mass is 9.97. The highest BCUT2D eigenvalue weighted by Gasteiger charge is 2.59. The van der Waals surface area contributed by atoms with Crippen molar-refractivity contribution in [2.75, 3.05) is 16.5 Å². The molecular weight excluding hydrogens is 406 g/mol. The largest absolute Gasteiger partial charge is 0.461 e. The molecule has 1 fully saturated rings. The van der Waals surface area contributed by atoms with Crippen LogP contribution < -0.4 is 9.91 Å². The first-order valence-electron chi connectivity index (χ1n) is 9.59. The standard InChI is InChI=1S/C22H20ClN3O4/c1-4-30-22(29)18-17-19(26(24-18)14-8-5-7-12(2)11-14)21(28)25(20(17)27)16-10-6-9-15(23)13(16)3/h5-11,17,19H,4H2,1-3H3/t17-,19-/m1/s1. The maximum absolute atomic E-state index is 13.5. The summed E-state index contributed by atoms with van der Waals surface area (Å²) in [4.78, 5) is 40.5. The second-order valence-corrected chi connectivity index (χ2v) is 7.61. The predicted octanol–water partition coefficient (Wildman–Crippen LogP) is 3.25. The molecule has 30 heavy (non-hydrogen) atoms. The van der Waals surface area contributed by atoms with Crippen LogP contribution in [-0.2, 0) is 19.1 Å². The van der Waals surface area contributed by atoms with Gasteiger partial charge in [0.25, 0.3) is 5.91 Å². The van der Waals surface area contributed by atoms with Crippen molar-refractivity contribution in [1.29, 1.82) is 0 Å². The number of esters is 1. The molecule has 154 valence electrons. The molecule has 2 aromatic carbocycles. The molecule has 7 nitrogen and oxygen atoms in total. The minimum Gasteiger partial charge on any atom is -0.461 e. The Morgan fingerprint density at radius 3 is 2.57 bits per heavy atom. The van der Waals surface area contributed by atoms with Gasteiger partial charge in [0.05, 0.1) is 18.0 Å². The lowest BCUT2D eigenvalue weighted by Crippen LogP contribution is -2.39. The fraction of sp³-hybridized carbons (Fsp3) is 0.273. The van der Waals surface area contributed by atoms with E-state index in [1.807, 2.05) is 25.1 Å². The molecule has 1 saturated heterocycles. The Balaban J connectivity index is 1.83. The fourth-order valence-electron chi connectivity index (χ4n) is 3.85. The summed E-state index contributed by atoms with van der Waals surface area (Å²) >= 11 is 6.21. The van der Waals surface area contributed by atoms with E-state index in [4.69, 9.17) is 16.3 Å². The topological polar surface area (TPSA) is 79.3 Å². The van der Waals surface area contributed by atoms with E-state index >= 15 is 0 Å². The van der Waals surface area contributed by atoms with E-state index in [0.717, 1.165) is 10.5 Å². The summed E-state index contributed by atoms with van der Waals surface area (Å²) in [5.41, 5.74) is 2.53. The minimum absolute atomic E-state index is 0.0658. The van der Waals surface area contributed by atoms with Crippen LogP contribution in [0.1, 0.15) is 18.1 Å². The Morgan fingerprint density at radius 1 is 1.13 bits per heavy atom. The Bertz CT molecular complexity index is 1100. The molecule has 0 aromatic heterocycles. The zero-order chi connectivity index (χ0) is 21.6. The first-order chi connectivity index (χ1) is 14.3. The van der Waals surface area contributed by atoms with Gasteiger partial charge in [0.15, 0.2) is 5.71 Å². The van der Waals surface area contributed by atoms with Gasteiger partial charge < -0.3 is 4.74 Å². The number of carbonyl (C=O) groups excluding carboxylic acids is 3. The van der Waals surface area contributed by atoms with Crippen LogP contribution in [0.2, 0.25) is 5.02 Å². The molecule has 8 heteroatoms. The average Bonchev–Trinajstić information content (AvgIpc) is 3.22. The molecule has 2 aliphatic heterocycles. The maximum Gasteiger partial charge on any atom is 0.355 e. The fourth-order valence-corrected chi connectivity index (χ4v) is 4.02. The first-order valence-corrected chi connectivity index (χ1v) is 9.97. The molecule has 2 heterocycles. The number of imide groups is 1. The number of nitrogens with zero attached hydrogens (tertiary/aromatic N) is 3. The van der Waals surface area contributed by atoms with Crippen molar-refractivity contribution in [2.24, 2.45) is 11.0 Å². The third-order valence-corrected chi connectivity index (χ3v) is 5.69. The number of benzene rings is 2. The normalized spacial score (nSPS) is 20.5. The van der Waals surface area contributed by atoms with Gasteiger partial charge in [-0.1, -0.05) is 29.8 Å². The molecule has 2 amide bonds. The Hall–Kier alpha value is -3.19. The van der Waals surface area contributed by atoms with E-state index in [1.165, 1.54) is 5.01 Å². The van der Waals surface area contributed by atoms with Gasteiger partial charge in [0, 0.05) is 5.02 Å². The monoisotopic (exact) mass is 425 g/mol. The van der Waals surface area contributed by atoms with Crippen LogP contribution in [0, 0.1) is 19.8 Å². The third kappa shape index (κ3) is 3.06. The van der Waals surface area contributed by atoms with Crippen molar-refractivity contribution in [3.8, 4) is 0 Å². The highest BCUT2D eigenvalue weighted by atomic mass is 35.5. The van der Waals surface area contributed by atoms with E-state index in [0.29, 0.717) is 22.0 Å². The summed E-state index contributed by atoms with van der Waals surface area (Å²) in [6, 6.07) is 11.4. The van der Waals surface area contributed by atoms with Crippen LogP contribution in [0.5, 0.6) is 0 Å². The van der Waals surface area contributed by atoms with Gasteiger partial charge in [0.2, 0.25) is 5.91 Å². The van der Waals surface area contributed by atoms with Crippen molar-refractivity contribution < 1.29 is 19.1 Å². The smallest absolute Gasteiger partial charge is 0.355 e. The minimum atomic E-state index is -1.05. The Kier molecular flexibility index (Phi) is 5.07. The van der Waals surface area contributed by atoms with E-state index in [9.17, 15) is 14.4 Å². The van der Waals surface area contributed by atoms with Crippen molar-refractivity contribution in [1.82, 2.24) is 0 Å². The van der Waals surface area contributed by atoms with Crippen molar-refractivity contribution >= 4 is 46.5 Å². The second-order valence-electron chi connectivity index (χ2n) is 7.21. The van der Waals surface area contributed by atoms with E-state index < -0.39 is 29.7 Å². The number of carbonyl (C=O) groups is 3. The summed E-state index contributed by atoms with van der Waals surface area (Å²) < 4.78 is 5.11. The van der Waals surface area contributed by atoms with Crippen LogP contribution in [-0.4, -0.2) is 36.1 Å². The van der Waals surface area contributed by atoms with Crippen LogP contribution in [0.3, 0.4) is 0 Å². The molecule has 4 rings (SSSR count). The summed E-state index contributed by atoms with van der Waals surface area (Å²) in [5.74, 6) is -2.72. The van der Waals surface area contributed by atoms with E-state index in [2.05, 4.69) is 5.10 Å². The van der Waals surface area contributed by atoms with Crippen LogP contribution in [0.25, 0.3) is 0 Å². The first kappa shape index (κ1) is 20.1. The summed E-state index contributed by atoms with van der Waals surface area (Å²) in [6.07, 6.45) is 0. The lowest BCUT2D eigenvalue weighted by Gasteiger charge is -2.23. The van der Waals surface area contributed by atoms with Gasteiger partial charge in [0.1, 0.15) is 12.0 Å². The number of hydrazone groups is 1. The molecule has 0 N–H and O–H groups in total. The molecular formula is C22H20ClN3O4. The number of aryl methyl sites for hydroxylation is 1. The van der Waals surface area contributed by atoms with Gasteiger partial charge in [-0.25, -0.2) is 9.69 Å². The van der Waals surface area contributed by atoms with Crippen LogP contribution >= 0.6 is 11.6 Å². The number of fused-ring (bicyclic) bond motifs is 1. The molecule has 0 bridgehead atoms. The zero-order valence-corrected chi connectivity index (χ0v) is 17.5. The SMILES string of the molecule is CCOC(=O)C1=NN(c2cccc(C)c2)[C@H]2C(=O)N(c3cccc(Cl)c3C)C(=O)[C@H]12. The summed E-state index contributed by atoms with van der Waals surface area (Å²) in [6.45, 7) is 5.46. The van der Waals surface area contributed by atoms with Gasteiger partial charge in [-0.3, -0.25) is 14.6 Å². The molecule has 0 saturated carbocycles. The molecule has 2 atom stereocenters. The Morgan fingerprint density at radius 2 is 1.87 bits per heavy atom. The predicted molar refractivity (Wildman–Crippen MR) is 114 cm³/mol. The number of hydrogen-bond donors (Lipinski definition) is 0. The molecule has 0 spiro atoms. The Labute approximate surface area is 178 Å². The second kappa shape index (κ2) is 7.57. The van der Waals surface area contributed by atoms with Gasteiger partial charge in [-0.15, -0.1) is 0 Å². The summed E-state index contributed by atoms with van der Waals surface area (Å²) in [5, 5.41) is 6.25. The van der Waals surface area contributed by atoms with Crippen molar-refractivity contribution in [2.45, 2.75) is 26.8 Å². The molecule has 0 unspecified atom stereocenters. The number of hydrogen-bond acceptors (Lipinski definition) is 6. The highest BCUT2D eigenvalue weighted by molar-refractivity contribution is 6.47. The lowest BCUT2D eigenvalue weighted by molar-refractivity contribution is -0.136. The van der Waals surface area contributed by atoms with E-state index in [1.54, 1.807) is 38.1 Å². The number of halogens is 1. The van der Waals surface area contributed by atoms with Crippen LogP contribution in [0.4, 0.5) is 11.4 Å². The molecule has 0 aliphatic carbocycles. The summed E-state index contributed by atoms with van der Waals surface area (Å²) in [7, 11) is 0. The number of rotatable bonds is 4. The number of ether oxygens (including phenoxy) is 1. The van der Waals surface area contributed by atoms with Crippen molar-refractivity contribution in [3.05, 3.63) is 58.6 Å². The molecule has 0 radical (unpaired) electrons. The van der Waals surface area contributed by atoms with Gasteiger partial charge >= 0.3 is 5.97 Å². The van der Waals surface area contributed by atoms with Crippen molar-refractivity contribution in [3.63, 3.8) is 0 Å². The third-order valence-electron chi connectivity index (χ3n) is 5.28. The zero-order valence-electron chi connectivity index (χ0n) is 16.8. The molecule has 2 aromatic rings. The quantitative estimate of drug-likeness (QED) is 0.555.